The fourth-order valence-electron chi connectivity index (χ4n) is 2.30. The highest BCUT2D eigenvalue weighted by Gasteiger charge is 2.09. The van der Waals surface area contributed by atoms with Crippen molar-refractivity contribution in [2.75, 3.05) is 0 Å². The number of benzene rings is 1. The molecule has 0 aliphatic heterocycles. The molecule has 0 aliphatic rings. The number of aryl methyl sites for hydroxylation is 3. The lowest BCUT2D eigenvalue weighted by Gasteiger charge is -2.16. The first kappa shape index (κ1) is 13.3. The average Bonchev–Trinajstić information content (AvgIpc) is 2.65. The number of hydrogen-bond acceptors (Lipinski definition) is 2. The molecule has 0 spiro atoms. The second kappa shape index (κ2) is 5.68. The SMILES string of the molecule is Cc1cc(CN[C@H](C)c2ccccc2C)c(C)s1. The van der Waals surface area contributed by atoms with Gasteiger partial charge in [0.25, 0.3) is 0 Å². The molecule has 0 saturated heterocycles. The molecular weight excluding hydrogens is 238 g/mol. The van der Waals surface area contributed by atoms with Crippen LogP contribution in [0, 0.1) is 20.8 Å². The Hall–Kier alpha value is -1.12. The molecule has 2 heteroatoms. The molecule has 1 aromatic heterocycles. The summed E-state index contributed by atoms with van der Waals surface area (Å²) in [6.45, 7) is 9.73. The Bertz CT molecular complexity index is 528. The van der Waals surface area contributed by atoms with E-state index in [0.717, 1.165) is 6.54 Å². The van der Waals surface area contributed by atoms with Crippen LogP contribution < -0.4 is 5.32 Å². The van der Waals surface area contributed by atoms with E-state index in [4.69, 9.17) is 0 Å². The molecular formula is C16H21NS. The lowest BCUT2D eigenvalue weighted by atomic mass is 10.0. The molecule has 18 heavy (non-hydrogen) atoms. The third-order valence-electron chi connectivity index (χ3n) is 3.40. The second-order valence-electron chi connectivity index (χ2n) is 4.90. The van der Waals surface area contributed by atoms with Gasteiger partial charge in [0.2, 0.25) is 0 Å². The Balaban J connectivity index is 2.03. The molecule has 0 unspecified atom stereocenters. The van der Waals surface area contributed by atoms with Gasteiger partial charge in [-0.25, -0.2) is 0 Å². The van der Waals surface area contributed by atoms with Crippen LogP contribution in [-0.4, -0.2) is 0 Å². The fraction of sp³-hybridized carbons (Fsp3) is 0.375. The first-order valence-electron chi connectivity index (χ1n) is 6.42. The smallest absolute Gasteiger partial charge is 0.0297 e. The van der Waals surface area contributed by atoms with Gasteiger partial charge in [-0.1, -0.05) is 24.3 Å². The molecule has 1 heterocycles. The van der Waals surface area contributed by atoms with E-state index in [1.165, 1.54) is 26.4 Å². The molecule has 0 radical (unpaired) electrons. The van der Waals surface area contributed by atoms with Crippen molar-refractivity contribution in [3.05, 3.63) is 56.8 Å². The summed E-state index contributed by atoms with van der Waals surface area (Å²) >= 11 is 1.88. The first-order valence-corrected chi connectivity index (χ1v) is 7.24. The minimum Gasteiger partial charge on any atom is -0.306 e. The van der Waals surface area contributed by atoms with Crippen molar-refractivity contribution < 1.29 is 0 Å². The van der Waals surface area contributed by atoms with Crippen molar-refractivity contribution in [2.24, 2.45) is 0 Å². The molecule has 1 N–H and O–H groups in total. The predicted octanol–water partition coefficient (Wildman–Crippen LogP) is 4.52. The summed E-state index contributed by atoms with van der Waals surface area (Å²) in [4.78, 5) is 2.82. The molecule has 2 aromatic rings. The van der Waals surface area contributed by atoms with Crippen LogP contribution in [-0.2, 0) is 6.54 Å². The van der Waals surface area contributed by atoms with Crippen LogP contribution in [0.5, 0.6) is 0 Å². The molecule has 1 aromatic carbocycles. The summed E-state index contributed by atoms with van der Waals surface area (Å²) in [5.41, 5.74) is 4.18. The Kier molecular flexibility index (Phi) is 4.20. The monoisotopic (exact) mass is 259 g/mol. The van der Waals surface area contributed by atoms with Crippen LogP contribution in [0.3, 0.4) is 0 Å². The van der Waals surface area contributed by atoms with Crippen molar-refractivity contribution in [3.63, 3.8) is 0 Å². The highest BCUT2D eigenvalue weighted by atomic mass is 32.1. The summed E-state index contributed by atoms with van der Waals surface area (Å²) in [5, 5.41) is 3.62. The van der Waals surface area contributed by atoms with E-state index in [-0.39, 0.29) is 0 Å². The van der Waals surface area contributed by atoms with Gasteiger partial charge in [0.15, 0.2) is 0 Å². The van der Waals surface area contributed by atoms with E-state index in [0.29, 0.717) is 6.04 Å². The van der Waals surface area contributed by atoms with E-state index in [1.54, 1.807) is 0 Å². The first-order chi connectivity index (χ1) is 8.58. The van der Waals surface area contributed by atoms with Gasteiger partial charge in [-0.15, -0.1) is 11.3 Å². The molecule has 0 amide bonds. The lowest BCUT2D eigenvalue weighted by molar-refractivity contribution is 0.572. The molecule has 96 valence electrons. The lowest BCUT2D eigenvalue weighted by Crippen LogP contribution is -2.18. The Morgan fingerprint density at radius 3 is 2.50 bits per heavy atom. The van der Waals surface area contributed by atoms with Crippen molar-refractivity contribution in [2.45, 2.75) is 40.3 Å². The van der Waals surface area contributed by atoms with Gasteiger partial charge in [-0.2, -0.15) is 0 Å². The molecule has 0 aliphatic carbocycles. The van der Waals surface area contributed by atoms with Crippen LogP contribution in [0.4, 0.5) is 0 Å². The molecule has 0 saturated carbocycles. The van der Waals surface area contributed by atoms with Gasteiger partial charge in [0, 0.05) is 22.3 Å². The van der Waals surface area contributed by atoms with E-state index >= 15 is 0 Å². The van der Waals surface area contributed by atoms with Gasteiger partial charge >= 0.3 is 0 Å². The zero-order valence-corrected chi connectivity index (χ0v) is 12.4. The van der Waals surface area contributed by atoms with Crippen molar-refractivity contribution in [1.82, 2.24) is 5.32 Å². The van der Waals surface area contributed by atoms with Crippen LogP contribution in [0.2, 0.25) is 0 Å². The largest absolute Gasteiger partial charge is 0.306 e. The maximum atomic E-state index is 3.62. The third kappa shape index (κ3) is 3.01. The molecule has 0 fully saturated rings. The van der Waals surface area contributed by atoms with E-state index in [9.17, 15) is 0 Å². The summed E-state index contributed by atoms with van der Waals surface area (Å²) in [6, 6.07) is 11.3. The standard InChI is InChI=1S/C16H21NS/c1-11-7-5-6-8-16(11)13(3)17-10-15-9-12(2)18-14(15)4/h5-9,13,17H,10H2,1-4H3/t13-/m1/s1. The Morgan fingerprint density at radius 2 is 1.89 bits per heavy atom. The number of hydrogen-bond donors (Lipinski definition) is 1. The fourth-order valence-corrected chi connectivity index (χ4v) is 3.25. The Morgan fingerprint density at radius 1 is 1.17 bits per heavy atom. The number of rotatable bonds is 4. The summed E-state index contributed by atoms with van der Waals surface area (Å²) < 4.78 is 0. The maximum Gasteiger partial charge on any atom is 0.0297 e. The van der Waals surface area contributed by atoms with Gasteiger partial charge < -0.3 is 5.32 Å². The van der Waals surface area contributed by atoms with Gasteiger partial charge in [0.05, 0.1) is 0 Å². The van der Waals surface area contributed by atoms with Crippen LogP contribution in [0.15, 0.2) is 30.3 Å². The van der Waals surface area contributed by atoms with Crippen LogP contribution >= 0.6 is 11.3 Å². The van der Waals surface area contributed by atoms with Crippen molar-refractivity contribution in [1.29, 1.82) is 0 Å². The maximum absolute atomic E-state index is 3.62. The van der Waals surface area contributed by atoms with Crippen LogP contribution in [0.25, 0.3) is 0 Å². The van der Waals surface area contributed by atoms with Gasteiger partial charge in [-0.3, -0.25) is 0 Å². The third-order valence-corrected chi connectivity index (χ3v) is 4.41. The zero-order chi connectivity index (χ0) is 13.1. The number of thiophene rings is 1. The van der Waals surface area contributed by atoms with E-state index < -0.39 is 0 Å². The summed E-state index contributed by atoms with van der Waals surface area (Å²) in [6.07, 6.45) is 0. The zero-order valence-electron chi connectivity index (χ0n) is 11.6. The summed E-state index contributed by atoms with van der Waals surface area (Å²) in [5.74, 6) is 0. The molecule has 2 rings (SSSR count). The Labute approximate surface area is 114 Å². The molecule has 1 nitrogen and oxygen atoms in total. The minimum atomic E-state index is 0.394. The van der Waals surface area contributed by atoms with Gasteiger partial charge in [-0.05, 0) is 50.5 Å². The highest BCUT2D eigenvalue weighted by molar-refractivity contribution is 7.12. The van der Waals surface area contributed by atoms with Crippen molar-refractivity contribution >= 4 is 11.3 Å². The second-order valence-corrected chi connectivity index (χ2v) is 6.36. The summed E-state index contributed by atoms with van der Waals surface area (Å²) in [7, 11) is 0. The average molecular weight is 259 g/mol. The van der Waals surface area contributed by atoms with Crippen LogP contribution in [0.1, 0.15) is 39.4 Å². The quantitative estimate of drug-likeness (QED) is 0.851. The number of nitrogens with one attached hydrogen (secondary N) is 1. The van der Waals surface area contributed by atoms with E-state index in [2.05, 4.69) is 63.3 Å². The van der Waals surface area contributed by atoms with E-state index in [1.807, 2.05) is 11.3 Å². The predicted molar refractivity (Wildman–Crippen MR) is 80.2 cm³/mol. The highest BCUT2D eigenvalue weighted by Crippen LogP contribution is 2.22. The minimum absolute atomic E-state index is 0.394. The van der Waals surface area contributed by atoms with Gasteiger partial charge in [0.1, 0.15) is 0 Å². The topological polar surface area (TPSA) is 12.0 Å². The van der Waals surface area contributed by atoms with Crippen molar-refractivity contribution in [3.8, 4) is 0 Å². The normalized spacial score (nSPS) is 12.7. The molecule has 1 atom stereocenters. The molecule has 0 bridgehead atoms.